The van der Waals surface area contributed by atoms with E-state index in [9.17, 15) is 13.2 Å². The van der Waals surface area contributed by atoms with Crippen molar-refractivity contribution >= 4 is 15.7 Å². The molecule has 4 aliphatic rings. The second-order valence-corrected chi connectivity index (χ2v) is 11.0. The number of piperidine rings is 1. The summed E-state index contributed by atoms with van der Waals surface area (Å²) in [4.78, 5) is 16.6. The van der Waals surface area contributed by atoms with Crippen LogP contribution in [0.4, 0.5) is 0 Å². The zero-order valence-electron chi connectivity index (χ0n) is 17.0. The zero-order valence-corrected chi connectivity index (χ0v) is 17.9. The van der Waals surface area contributed by atoms with E-state index < -0.39 is 14.7 Å². The van der Waals surface area contributed by atoms with Gasteiger partial charge >= 0.3 is 0 Å². The monoisotopic (exact) mass is 424 g/mol. The van der Waals surface area contributed by atoms with Gasteiger partial charge in [0.1, 0.15) is 10.6 Å². The van der Waals surface area contributed by atoms with E-state index in [4.69, 9.17) is 4.74 Å². The lowest BCUT2D eigenvalue weighted by Crippen LogP contribution is -2.54. The minimum Gasteiger partial charge on any atom is -0.496 e. The molecule has 3 fully saturated rings. The minimum absolute atomic E-state index is 0.0727. The number of hydrogen-bond acceptors (Lipinski definition) is 5. The van der Waals surface area contributed by atoms with E-state index in [1.165, 1.54) is 0 Å². The fourth-order valence-corrected chi connectivity index (χ4v) is 8.69. The number of methoxy groups -OCH3 is 1. The molecule has 156 valence electrons. The van der Waals surface area contributed by atoms with Gasteiger partial charge in [0.05, 0.1) is 30.1 Å². The van der Waals surface area contributed by atoms with Crippen LogP contribution >= 0.6 is 0 Å². The molecule has 5 atom stereocenters. The molecule has 0 radical (unpaired) electrons. The summed E-state index contributed by atoms with van der Waals surface area (Å²) in [5.41, 5.74) is 3.05. The molecule has 0 saturated carbocycles. The van der Waals surface area contributed by atoms with Gasteiger partial charge < -0.3 is 9.64 Å². The van der Waals surface area contributed by atoms with Gasteiger partial charge in [-0.2, -0.15) is 0 Å². The van der Waals surface area contributed by atoms with Crippen LogP contribution in [0.15, 0.2) is 47.4 Å². The van der Waals surface area contributed by atoms with Crippen molar-refractivity contribution in [3.8, 4) is 5.75 Å². The first kappa shape index (κ1) is 18.4. The van der Waals surface area contributed by atoms with E-state index in [0.717, 1.165) is 28.9 Å². The second kappa shape index (κ2) is 5.86. The Bertz CT molecular complexity index is 1190. The molecule has 4 heterocycles. The Morgan fingerprint density at radius 1 is 1.17 bits per heavy atom. The van der Waals surface area contributed by atoms with Gasteiger partial charge in [-0.25, -0.2) is 8.42 Å². The number of sulfone groups is 1. The largest absolute Gasteiger partial charge is 0.496 e. The molecule has 0 aromatic heterocycles. The van der Waals surface area contributed by atoms with Crippen LogP contribution in [0.1, 0.15) is 35.6 Å². The molecule has 2 aromatic carbocycles. The number of aryl methyl sites for hydroxylation is 1. The van der Waals surface area contributed by atoms with Gasteiger partial charge in [0.25, 0.3) is 0 Å². The van der Waals surface area contributed by atoms with Crippen molar-refractivity contribution in [2.24, 2.45) is 0 Å². The number of piperazine rings is 1. The van der Waals surface area contributed by atoms with E-state index >= 15 is 0 Å². The molecule has 6 rings (SSSR count). The van der Waals surface area contributed by atoms with Crippen molar-refractivity contribution in [1.29, 1.82) is 0 Å². The summed E-state index contributed by atoms with van der Waals surface area (Å²) in [6.07, 6.45) is 1.85. The van der Waals surface area contributed by atoms with E-state index in [-0.39, 0.29) is 24.0 Å². The minimum atomic E-state index is -3.62. The highest BCUT2D eigenvalue weighted by atomic mass is 32.2. The molecular formula is C23H24N2O4S. The average molecular weight is 425 g/mol. The third-order valence-corrected chi connectivity index (χ3v) is 9.98. The van der Waals surface area contributed by atoms with Gasteiger partial charge in [-0.05, 0) is 55.5 Å². The lowest BCUT2D eigenvalue weighted by Gasteiger charge is -2.43. The van der Waals surface area contributed by atoms with Gasteiger partial charge in [0.15, 0.2) is 9.84 Å². The molecule has 6 nitrogen and oxygen atoms in total. The van der Waals surface area contributed by atoms with Crippen molar-refractivity contribution in [3.05, 3.63) is 59.2 Å². The van der Waals surface area contributed by atoms with Crippen molar-refractivity contribution in [2.45, 2.75) is 54.1 Å². The number of ether oxygens (including phenoxy) is 1. The molecule has 0 bridgehead atoms. The van der Waals surface area contributed by atoms with Crippen molar-refractivity contribution < 1.29 is 17.9 Å². The van der Waals surface area contributed by atoms with Crippen LogP contribution in [0.25, 0.3) is 0 Å². The summed E-state index contributed by atoms with van der Waals surface area (Å²) in [5.74, 6) is 0.890. The van der Waals surface area contributed by atoms with Crippen LogP contribution in [-0.2, 0) is 21.1 Å². The van der Waals surface area contributed by atoms with E-state index in [1.807, 2.05) is 41.0 Å². The Kier molecular flexibility index (Phi) is 3.59. The zero-order chi connectivity index (χ0) is 20.8. The Balaban J connectivity index is 1.51. The molecule has 0 aliphatic carbocycles. The lowest BCUT2D eigenvalue weighted by atomic mass is 9.85. The molecule has 4 aliphatic heterocycles. The number of rotatable bonds is 3. The number of fused-ring (bicyclic) bond motifs is 5. The highest BCUT2D eigenvalue weighted by Crippen LogP contribution is 2.66. The third-order valence-electron chi connectivity index (χ3n) is 7.52. The molecule has 30 heavy (non-hydrogen) atoms. The fourth-order valence-electron chi connectivity index (χ4n) is 6.27. The van der Waals surface area contributed by atoms with Crippen molar-refractivity contribution in [1.82, 2.24) is 9.80 Å². The predicted molar refractivity (Wildman–Crippen MR) is 111 cm³/mol. The molecular weight excluding hydrogens is 400 g/mol. The number of benzene rings is 2. The summed E-state index contributed by atoms with van der Waals surface area (Å²) >= 11 is 0. The van der Waals surface area contributed by atoms with Crippen LogP contribution in [0, 0.1) is 6.92 Å². The molecule has 0 N–H and O–H groups in total. The Morgan fingerprint density at radius 2 is 1.97 bits per heavy atom. The highest BCUT2D eigenvalue weighted by molar-refractivity contribution is 7.93. The summed E-state index contributed by atoms with van der Waals surface area (Å²) in [7, 11) is -1.96. The molecule has 2 aromatic rings. The smallest absolute Gasteiger partial charge is 0.240 e. The Morgan fingerprint density at radius 3 is 2.73 bits per heavy atom. The van der Waals surface area contributed by atoms with Crippen LogP contribution in [0.5, 0.6) is 5.75 Å². The molecule has 5 unspecified atom stereocenters. The number of hydrogen-bond donors (Lipinski definition) is 0. The molecule has 1 amide bonds. The summed E-state index contributed by atoms with van der Waals surface area (Å²) in [6, 6.07) is 12.3. The second-order valence-electron chi connectivity index (χ2n) is 8.83. The lowest BCUT2D eigenvalue weighted by molar-refractivity contribution is -0.142. The maximum Gasteiger partial charge on any atom is 0.240 e. The number of carbonyl (C=O) groups is 1. The highest BCUT2D eigenvalue weighted by Gasteiger charge is 2.82. The van der Waals surface area contributed by atoms with Crippen LogP contribution in [0.2, 0.25) is 0 Å². The quantitative estimate of drug-likeness (QED) is 0.708. The number of amides is 1. The maximum atomic E-state index is 13.9. The van der Waals surface area contributed by atoms with Gasteiger partial charge in [-0.3, -0.25) is 9.69 Å². The molecule has 7 heteroatoms. The summed E-state index contributed by atoms with van der Waals surface area (Å²) < 4.78 is 33.4. The Hall–Kier alpha value is -2.38. The van der Waals surface area contributed by atoms with Gasteiger partial charge in [0, 0.05) is 12.1 Å². The normalized spacial score (nSPS) is 33.5. The third kappa shape index (κ3) is 2.02. The van der Waals surface area contributed by atoms with E-state index in [0.29, 0.717) is 24.3 Å². The van der Waals surface area contributed by atoms with Crippen LogP contribution in [-0.4, -0.2) is 54.7 Å². The van der Waals surface area contributed by atoms with Crippen molar-refractivity contribution in [3.63, 3.8) is 0 Å². The maximum absolute atomic E-state index is 13.9. The fraction of sp³-hybridized carbons (Fsp3) is 0.435. The van der Waals surface area contributed by atoms with E-state index in [2.05, 4.69) is 0 Å². The summed E-state index contributed by atoms with van der Waals surface area (Å²) in [6.45, 7) is 2.52. The first-order valence-corrected chi connectivity index (χ1v) is 12.0. The average Bonchev–Trinajstić information content (AvgIpc) is 3.25. The predicted octanol–water partition coefficient (Wildman–Crippen LogP) is 2.46. The Labute approximate surface area is 176 Å². The van der Waals surface area contributed by atoms with Gasteiger partial charge in [0.2, 0.25) is 5.91 Å². The first-order chi connectivity index (χ1) is 14.4. The van der Waals surface area contributed by atoms with Crippen LogP contribution in [0.3, 0.4) is 0 Å². The topological polar surface area (TPSA) is 66.7 Å². The SMILES string of the molecule is COc1cccc2c1CCN1C(=O)C3CCC4(S(=O)(=O)c5cccc(C)c5)C(C21)N34. The van der Waals surface area contributed by atoms with Crippen LogP contribution < -0.4 is 4.74 Å². The first-order valence-electron chi connectivity index (χ1n) is 10.5. The van der Waals surface area contributed by atoms with Crippen molar-refractivity contribution in [2.75, 3.05) is 13.7 Å². The van der Waals surface area contributed by atoms with Gasteiger partial charge in [-0.15, -0.1) is 0 Å². The number of nitrogens with zero attached hydrogens (tertiary/aromatic N) is 2. The summed E-state index contributed by atoms with van der Waals surface area (Å²) in [5, 5.41) is 0. The number of carbonyl (C=O) groups excluding carboxylic acids is 1. The molecule has 3 saturated heterocycles. The van der Waals surface area contributed by atoms with Gasteiger partial charge in [-0.1, -0.05) is 24.3 Å². The molecule has 0 spiro atoms. The van der Waals surface area contributed by atoms with E-state index in [1.54, 1.807) is 25.3 Å². The standard InChI is InChI=1S/C23H24N2O4S/c1-14-5-3-6-15(13-14)30(27,28)23-11-9-18-22(26)24-12-10-16-17(7-4-8-19(16)29-2)20(24)21(23)25(18)23/h3-8,13,18,20-21H,9-12H2,1-2H3.